The third-order valence-electron chi connectivity index (χ3n) is 3.91. The third-order valence-corrected chi connectivity index (χ3v) is 3.91. The molecule has 20 heavy (non-hydrogen) atoms. The zero-order chi connectivity index (χ0) is 14.4. The Kier molecular flexibility index (Phi) is 5.77. The molecule has 1 aromatic heterocycles. The van der Waals surface area contributed by atoms with Crippen LogP contribution in [0.5, 0.6) is 0 Å². The van der Waals surface area contributed by atoms with Gasteiger partial charge in [-0.05, 0) is 37.4 Å². The molecule has 0 unspecified atom stereocenters. The van der Waals surface area contributed by atoms with E-state index in [1.54, 1.807) is 0 Å². The molecule has 0 radical (unpaired) electrons. The molecular weight excluding hydrogens is 253 g/mol. The van der Waals surface area contributed by atoms with E-state index in [9.17, 15) is 4.39 Å². The van der Waals surface area contributed by atoms with E-state index in [1.807, 2.05) is 13.8 Å². The van der Waals surface area contributed by atoms with Crippen LogP contribution in [0.25, 0.3) is 0 Å². The largest absolute Gasteiger partial charge is 0.356 e. The number of hydrogen-bond acceptors (Lipinski definition) is 3. The van der Waals surface area contributed by atoms with Gasteiger partial charge in [0.05, 0.1) is 0 Å². The van der Waals surface area contributed by atoms with Gasteiger partial charge in [-0.1, -0.05) is 19.9 Å². The summed E-state index contributed by atoms with van der Waals surface area (Å²) in [6, 6.07) is 4.30. The van der Waals surface area contributed by atoms with Crippen molar-refractivity contribution in [1.29, 1.82) is 0 Å². The predicted molar refractivity (Wildman–Crippen MR) is 82.2 cm³/mol. The van der Waals surface area contributed by atoms with Crippen LogP contribution in [0.2, 0.25) is 0 Å². The first-order valence-electron chi connectivity index (χ1n) is 7.91. The zero-order valence-electron chi connectivity index (χ0n) is 12.7. The van der Waals surface area contributed by atoms with Crippen LogP contribution in [0.3, 0.4) is 0 Å². The maximum Gasteiger partial charge on any atom is 0.128 e. The lowest BCUT2D eigenvalue weighted by molar-refractivity contribution is 0.276. The van der Waals surface area contributed by atoms with E-state index in [0.717, 1.165) is 44.8 Å². The molecule has 3 heterocycles. The van der Waals surface area contributed by atoms with Crippen LogP contribution < -0.4 is 10.2 Å². The van der Waals surface area contributed by atoms with Crippen LogP contribution >= 0.6 is 0 Å². The minimum Gasteiger partial charge on any atom is -0.356 e. The van der Waals surface area contributed by atoms with E-state index in [-0.39, 0.29) is 0 Å². The molecule has 2 aliphatic rings. The average molecular weight is 279 g/mol. The number of piperidine rings is 1. The van der Waals surface area contributed by atoms with E-state index in [2.05, 4.69) is 22.3 Å². The molecule has 1 aromatic rings. The number of anilines is 1. The van der Waals surface area contributed by atoms with E-state index >= 15 is 0 Å². The van der Waals surface area contributed by atoms with Gasteiger partial charge in [0.2, 0.25) is 0 Å². The van der Waals surface area contributed by atoms with Crippen molar-refractivity contribution in [2.24, 2.45) is 0 Å². The summed E-state index contributed by atoms with van der Waals surface area (Å²) >= 11 is 0. The molecule has 112 valence electrons. The van der Waals surface area contributed by atoms with Gasteiger partial charge in [0.15, 0.2) is 0 Å². The molecule has 3 nitrogen and oxygen atoms in total. The smallest absolute Gasteiger partial charge is 0.128 e. The SMILES string of the molecule is CC.FC1CCN(c2ccc3c(n2)CCNCC3)CC1. The van der Waals surface area contributed by atoms with Crippen molar-refractivity contribution in [3.05, 3.63) is 23.4 Å². The number of hydrogen-bond donors (Lipinski definition) is 1. The number of alkyl halides is 1. The van der Waals surface area contributed by atoms with E-state index in [0.29, 0.717) is 12.8 Å². The standard InChI is InChI=1S/C14H20FN3.C2H6/c15-12-5-9-18(10-6-12)14-2-1-11-3-7-16-8-4-13(11)17-14;1-2/h1-2,12,16H,3-10H2;1-2H3. The highest BCUT2D eigenvalue weighted by atomic mass is 19.1. The number of nitrogens with one attached hydrogen (secondary N) is 1. The number of nitrogens with zero attached hydrogens (tertiary/aromatic N) is 2. The lowest BCUT2D eigenvalue weighted by atomic mass is 10.1. The first-order valence-corrected chi connectivity index (χ1v) is 7.91. The number of rotatable bonds is 1. The molecular formula is C16H26FN3. The Labute approximate surface area is 121 Å². The van der Waals surface area contributed by atoms with E-state index in [1.165, 1.54) is 11.3 Å². The number of aromatic nitrogens is 1. The van der Waals surface area contributed by atoms with Gasteiger partial charge in [-0.2, -0.15) is 0 Å². The molecule has 1 saturated heterocycles. The molecule has 0 bridgehead atoms. The van der Waals surface area contributed by atoms with E-state index in [4.69, 9.17) is 4.98 Å². The quantitative estimate of drug-likeness (QED) is 0.857. The summed E-state index contributed by atoms with van der Waals surface area (Å²) in [6.07, 6.45) is 2.73. The van der Waals surface area contributed by atoms with Crippen LogP contribution in [-0.4, -0.2) is 37.3 Å². The second kappa shape index (κ2) is 7.58. The summed E-state index contributed by atoms with van der Waals surface area (Å²) in [5.74, 6) is 1.03. The van der Waals surface area contributed by atoms with Gasteiger partial charge in [0.1, 0.15) is 12.0 Å². The molecule has 0 saturated carbocycles. The molecule has 1 fully saturated rings. The molecule has 0 aliphatic carbocycles. The minimum absolute atomic E-state index is 0.619. The summed E-state index contributed by atoms with van der Waals surface area (Å²) in [4.78, 5) is 7.00. The van der Waals surface area contributed by atoms with Crippen LogP contribution in [0, 0.1) is 0 Å². The Morgan fingerprint density at radius 2 is 1.85 bits per heavy atom. The first-order chi connectivity index (χ1) is 9.83. The first kappa shape index (κ1) is 15.2. The Balaban J connectivity index is 0.000000704. The van der Waals surface area contributed by atoms with Crippen molar-refractivity contribution in [3.8, 4) is 0 Å². The van der Waals surface area contributed by atoms with Gasteiger partial charge in [0.25, 0.3) is 0 Å². The molecule has 3 rings (SSSR count). The second-order valence-corrected chi connectivity index (χ2v) is 5.19. The average Bonchev–Trinajstić information content (AvgIpc) is 2.74. The molecule has 0 atom stereocenters. The predicted octanol–water partition coefficient (Wildman–Crippen LogP) is 2.73. The highest BCUT2D eigenvalue weighted by Gasteiger charge is 2.20. The van der Waals surface area contributed by atoms with Crippen molar-refractivity contribution in [3.63, 3.8) is 0 Å². The topological polar surface area (TPSA) is 28.2 Å². The van der Waals surface area contributed by atoms with Crippen molar-refractivity contribution in [2.75, 3.05) is 31.1 Å². The van der Waals surface area contributed by atoms with Crippen LogP contribution in [0.4, 0.5) is 10.2 Å². The molecule has 0 aromatic carbocycles. The van der Waals surface area contributed by atoms with Crippen molar-refractivity contribution >= 4 is 5.82 Å². The zero-order valence-corrected chi connectivity index (χ0v) is 12.7. The van der Waals surface area contributed by atoms with Crippen molar-refractivity contribution in [1.82, 2.24) is 10.3 Å². The molecule has 0 amide bonds. The highest BCUT2D eigenvalue weighted by molar-refractivity contribution is 5.42. The Morgan fingerprint density at radius 3 is 2.60 bits per heavy atom. The second-order valence-electron chi connectivity index (χ2n) is 5.19. The van der Waals surface area contributed by atoms with Gasteiger partial charge < -0.3 is 10.2 Å². The molecule has 4 heteroatoms. The maximum absolute atomic E-state index is 13.1. The van der Waals surface area contributed by atoms with Crippen molar-refractivity contribution < 1.29 is 4.39 Å². The van der Waals surface area contributed by atoms with Gasteiger partial charge in [-0.25, -0.2) is 9.37 Å². The highest BCUT2D eigenvalue weighted by Crippen LogP contribution is 2.22. The van der Waals surface area contributed by atoms with E-state index < -0.39 is 6.17 Å². The Bertz CT molecular complexity index is 414. The molecule has 0 spiro atoms. The lowest BCUT2D eigenvalue weighted by Gasteiger charge is -2.30. The fraction of sp³-hybridized carbons (Fsp3) is 0.688. The Hall–Kier alpha value is -1.16. The van der Waals surface area contributed by atoms with Crippen LogP contribution in [0.15, 0.2) is 12.1 Å². The minimum atomic E-state index is -0.619. The van der Waals surface area contributed by atoms with Crippen LogP contribution in [-0.2, 0) is 12.8 Å². The summed E-state index contributed by atoms with van der Waals surface area (Å²) in [7, 11) is 0. The number of pyridine rings is 1. The van der Waals surface area contributed by atoms with Gasteiger partial charge >= 0.3 is 0 Å². The fourth-order valence-electron chi connectivity index (χ4n) is 2.77. The van der Waals surface area contributed by atoms with Gasteiger partial charge in [-0.3, -0.25) is 0 Å². The lowest BCUT2D eigenvalue weighted by Crippen LogP contribution is -2.35. The summed E-state index contributed by atoms with van der Waals surface area (Å²) in [5, 5.41) is 3.40. The Morgan fingerprint density at radius 1 is 1.15 bits per heavy atom. The van der Waals surface area contributed by atoms with Gasteiger partial charge in [-0.15, -0.1) is 0 Å². The monoisotopic (exact) mass is 279 g/mol. The van der Waals surface area contributed by atoms with Crippen molar-refractivity contribution in [2.45, 2.75) is 45.7 Å². The van der Waals surface area contributed by atoms with Crippen LogP contribution in [0.1, 0.15) is 37.9 Å². The molecule has 1 N–H and O–H groups in total. The third kappa shape index (κ3) is 3.69. The molecule has 2 aliphatic heterocycles. The summed E-state index contributed by atoms with van der Waals surface area (Å²) in [5.41, 5.74) is 2.59. The maximum atomic E-state index is 13.1. The fourth-order valence-corrected chi connectivity index (χ4v) is 2.77. The number of halogens is 1. The van der Waals surface area contributed by atoms with Gasteiger partial charge in [0, 0.05) is 31.7 Å². The summed E-state index contributed by atoms with van der Waals surface area (Å²) < 4.78 is 13.1. The summed E-state index contributed by atoms with van der Waals surface area (Å²) in [6.45, 7) is 7.65. The normalized spacial score (nSPS) is 19.6. The number of fused-ring (bicyclic) bond motifs is 1.